The van der Waals surface area contributed by atoms with E-state index in [1.54, 1.807) is 12.1 Å². The molecule has 164 valence electrons. The van der Waals surface area contributed by atoms with Crippen LogP contribution in [0.5, 0.6) is 0 Å². The van der Waals surface area contributed by atoms with Crippen molar-refractivity contribution < 1.29 is 14.4 Å². The topological polar surface area (TPSA) is 77.5 Å². The summed E-state index contributed by atoms with van der Waals surface area (Å²) in [6.45, 7) is 3.42. The molecule has 29 heavy (non-hydrogen) atoms. The first-order valence-corrected chi connectivity index (χ1v) is 9.90. The van der Waals surface area contributed by atoms with Crippen molar-refractivity contribution >= 4 is 42.6 Å². The zero-order chi connectivity index (χ0) is 19.1. The van der Waals surface area contributed by atoms with Crippen molar-refractivity contribution in [3.63, 3.8) is 0 Å². The van der Waals surface area contributed by atoms with Crippen LogP contribution in [0.4, 0.5) is 10.2 Å². The van der Waals surface area contributed by atoms with Gasteiger partial charge in [0.1, 0.15) is 5.82 Å². The van der Waals surface area contributed by atoms with Gasteiger partial charge in [-0.25, -0.2) is 14.9 Å². The van der Waals surface area contributed by atoms with E-state index in [-0.39, 0.29) is 24.8 Å². The predicted molar refractivity (Wildman–Crippen MR) is 117 cm³/mol. The molecule has 2 aliphatic rings. The number of carbonyl (C=O) groups excluding carboxylic acids is 1. The summed E-state index contributed by atoms with van der Waals surface area (Å²) in [4.78, 5) is 17.9. The van der Waals surface area contributed by atoms with Gasteiger partial charge >= 0.3 is 5.91 Å². The van der Waals surface area contributed by atoms with E-state index in [1.807, 2.05) is 0 Å². The smallest absolute Gasteiger partial charge is 0.303 e. The molecule has 1 aromatic heterocycles. The Morgan fingerprint density at radius 2 is 1.97 bits per heavy atom. The first-order valence-electron chi connectivity index (χ1n) is 9.90. The minimum Gasteiger partial charge on any atom is -0.366 e. The van der Waals surface area contributed by atoms with Crippen molar-refractivity contribution in [3.05, 3.63) is 29.7 Å². The maximum absolute atomic E-state index is 13.4. The first-order chi connectivity index (χ1) is 13.1. The van der Waals surface area contributed by atoms with Crippen LogP contribution in [0, 0.1) is 5.92 Å². The number of anilines is 1. The van der Waals surface area contributed by atoms with Gasteiger partial charge in [0.15, 0.2) is 5.83 Å². The summed E-state index contributed by atoms with van der Waals surface area (Å²) in [5, 5.41) is 11.9. The van der Waals surface area contributed by atoms with Gasteiger partial charge in [-0.3, -0.25) is 10.0 Å². The van der Waals surface area contributed by atoms with Gasteiger partial charge < -0.3 is 10.2 Å². The van der Waals surface area contributed by atoms with E-state index in [0.29, 0.717) is 11.6 Å². The zero-order valence-electron chi connectivity index (χ0n) is 16.5. The number of amides is 1. The third-order valence-corrected chi connectivity index (χ3v) is 5.50. The number of hydrogen-bond donors (Lipinski definition) is 3. The Kier molecular flexibility index (Phi) is 11.5. The summed E-state index contributed by atoms with van der Waals surface area (Å²) in [6.07, 6.45) is 11.8. The van der Waals surface area contributed by atoms with Gasteiger partial charge in [0.05, 0.1) is 0 Å². The highest BCUT2D eigenvalue weighted by Gasteiger charge is 2.23. The third kappa shape index (κ3) is 8.09. The molecule has 0 aromatic carbocycles. The number of carbonyl (C=O) groups is 1. The lowest BCUT2D eigenvalue weighted by Gasteiger charge is -2.36. The number of nitrogens with one attached hydrogen (secondary N) is 2. The van der Waals surface area contributed by atoms with E-state index in [2.05, 4.69) is 15.2 Å². The Morgan fingerprint density at radius 1 is 1.21 bits per heavy atom. The highest BCUT2D eigenvalue weighted by molar-refractivity contribution is 5.94. The third-order valence-electron chi connectivity index (χ3n) is 5.50. The lowest BCUT2D eigenvalue weighted by Crippen LogP contribution is -2.44. The molecule has 1 atom stereocenters. The first kappa shape index (κ1) is 25.6. The van der Waals surface area contributed by atoms with E-state index < -0.39 is 11.7 Å². The Hall–Kier alpha value is -1.41. The van der Waals surface area contributed by atoms with Crippen molar-refractivity contribution in [2.45, 2.75) is 51.0 Å². The molecule has 1 aromatic rings. The van der Waals surface area contributed by atoms with E-state index in [1.165, 1.54) is 63.3 Å². The molecule has 1 aliphatic heterocycles. The molecule has 2 heterocycles. The molecule has 6 nitrogen and oxygen atoms in total. The number of pyridine rings is 1. The fraction of sp³-hybridized carbons (Fsp3) is 0.600. The normalized spacial score (nSPS) is 20.9. The number of hydroxylamine groups is 1. The molecule has 1 aliphatic carbocycles. The maximum atomic E-state index is 13.4. The predicted octanol–water partition coefficient (Wildman–Crippen LogP) is 4.20. The van der Waals surface area contributed by atoms with Crippen molar-refractivity contribution in [3.8, 4) is 0 Å². The number of nitrogens with zero attached hydrogens (tertiary/aromatic N) is 2. The Balaban J connectivity index is 0.00000210. The van der Waals surface area contributed by atoms with Crippen LogP contribution in [0.2, 0.25) is 0 Å². The second-order valence-electron chi connectivity index (χ2n) is 7.66. The van der Waals surface area contributed by atoms with Gasteiger partial charge in [-0.05, 0) is 61.9 Å². The number of aromatic nitrogens is 1. The molecule has 9 heteroatoms. The molecule has 0 spiro atoms. The van der Waals surface area contributed by atoms with Gasteiger partial charge in [-0.2, -0.15) is 0 Å². The second kappa shape index (κ2) is 13.0. The largest absolute Gasteiger partial charge is 0.366 e. The number of rotatable bonds is 6. The molecule has 1 saturated carbocycles. The van der Waals surface area contributed by atoms with Crippen LogP contribution < -0.4 is 10.8 Å². The van der Waals surface area contributed by atoms with E-state index in [0.717, 1.165) is 30.8 Å². The second-order valence-corrected chi connectivity index (χ2v) is 7.66. The van der Waals surface area contributed by atoms with Crippen LogP contribution in [0.25, 0.3) is 6.08 Å². The highest BCUT2D eigenvalue weighted by Crippen LogP contribution is 2.26. The minimum absolute atomic E-state index is 0. The molecule has 3 rings (SSSR count). The quantitative estimate of drug-likeness (QED) is 0.345. The van der Waals surface area contributed by atoms with Crippen molar-refractivity contribution in [1.82, 2.24) is 15.4 Å². The molecule has 0 radical (unpaired) electrons. The summed E-state index contributed by atoms with van der Waals surface area (Å²) in [6, 6.07) is 3.85. The van der Waals surface area contributed by atoms with Crippen LogP contribution >= 0.6 is 24.8 Å². The van der Waals surface area contributed by atoms with Crippen molar-refractivity contribution in [2.24, 2.45) is 5.92 Å². The van der Waals surface area contributed by atoms with Gasteiger partial charge in [-0.15, -0.1) is 24.8 Å². The standard InChI is InChI=1S/C20H29FN4O2.2ClH/c21-18(20(26)24-27)11-16-8-9-19(22-12-16)23-17-7-4-10-25(14-17)13-15-5-2-1-3-6-15;;/h8-9,11-12,15,17,27H,1-7,10,13-14H2,(H,22,23)(H,24,26);2*1H/b18-11+;;/t17-;;/m1../s1. The monoisotopic (exact) mass is 448 g/mol. The number of halogens is 3. The molecular formula is C20H31Cl2FN4O2. The van der Waals surface area contributed by atoms with E-state index in [4.69, 9.17) is 5.21 Å². The average Bonchev–Trinajstić information content (AvgIpc) is 2.70. The van der Waals surface area contributed by atoms with Crippen LogP contribution in [0.1, 0.15) is 50.5 Å². The lowest BCUT2D eigenvalue weighted by molar-refractivity contribution is -0.126. The van der Waals surface area contributed by atoms with Gasteiger partial charge in [0, 0.05) is 25.3 Å². The molecule has 1 saturated heterocycles. The fourth-order valence-corrected chi connectivity index (χ4v) is 4.12. The fourth-order valence-electron chi connectivity index (χ4n) is 4.12. The summed E-state index contributed by atoms with van der Waals surface area (Å²) in [5.74, 6) is -0.625. The summed E-state index contributed by atoms with van der Waals surface area (Å²) >= 11 is 0. The highest BCUT2D eigenvalue weighted by atomic mass is 35.5. The zero-order valence-corrected chi connectivity index (χ0v) is 18.1. The summed E-state index contributed by atoms with van der Waals surface area (Å²) in [7, 11) is 0. The number of piperidine rings is 1. The van der Waals surface area contributed by atoms with Crippen LogP contribution in [-0.4, -0.2) is 46.7 Å². The van der Waals surface area contributed by atoms with Gasteiger partial charge in [0.2, 0.25) is 0 Å². The molecule has 0 unspecified atom stereocenters. The number of likely N-dealkylation sites (tertiary alicyclic amines) is 1. The van der Waals surface area contributed by atoms with Crippen molar-refractivity contribution in [2.75, 3.05) is 25.0 Å². The minimum atomic E-state index is -1.17. The van der Waals surface area contributed by atoms with Crippen LogP contribution in [0.3, 0.4) is 0 Å². The van der Waals surface area contributed by atoms with E-state index in [9.17, 15) is 9.18 Å². The van der Waals surface area contributed by atoms with Crippen LogP contribution in [0.15, 0.2) is 24.2 Å². The molecule has 0 bridgehead atoms. The Bertz CT molecular complexity index is 654. The molecule has 2 fully saturated rings. The van der Waals surface area contributed by atoms with Gasteiger partial charge in [-0.1, -0.05) is 19.3 Å². The lowest BCUT2D eigenvalue weighted by atomic mass is 9.88. The van der Waals surface area contributed by atoms with E-state index >= 15 is 0 Å². The summed E-state index contributed by atoms with van der Waals surface area (Å²) < 4.78 is 13.4. The average molecular weight is 449 g/mol. The number of hydrogen-bond acceptors (Lipinski definition) is 5. The molecule has 3 N–H and O–H groups in total. The maximum Gasteiger partial charge on any atom is 0.303 e. The Labute approximate surface area is 184 Å². The van der Waals surface area contributed by atoms with Crippen molar-refractivity contribution in [1.29, 1.82) is 0 Å². The summed E-state index contributed by atoms with van der Waals surface area (Å²) in [5.41, 5.74) is 1.73. The molecular weight excluding hydrogens is 418 g/mol. The van der Waals surface area contributed by atoms with Gasteiger partial charge in [0.25, 0.3) is 0 Å². The Morgan fingerprint density at radius 3 is 2.62 bits per heavy atom. The molecule has 1 amide bonds. The SMILES string of the molecule is Cl.Cl.O=C(NO)/C(F)=C\c1ccc(N[C@@H]2CCCN(CC3CCCCC3)C2)nc1. The van der Waals surface area contributed by atoms with Crippen LogP contribution in [-0.2, 0) is 4.79 Å².